The van der Waals surface area contributed by atoms with Crippen molar-refractivity contribution in [3.63, 3.8) is 0 Å². The summed E-state index contributed by atoms with van der Waals surface area (Å²) in [6, 6.07) is 2.59. The SMILES string of the molecule is CC(CNc1cc(C(=O)O)c(N)cc1F)N1CCCCC1. The van der Waals surface area contributed by atoms with Crippen LogP contribution in [0.5, 0.6) is 0 Å². The molecule has 1 fully saturated rings. The molecule has 1 heterocycles. The summed E-state index contributed by atoms with van der Waals surface area (Å²) in [4.78, 5) is 13.4. The Kier molecular flexibility index (Phi) is 5.01. The molecule has 2 rings (SSSR count). The number of carboxylic acid groups (broad SMARTS) is 1. The number of aromatic carboxylic acids is 1. The number of carboxylic acids is 1. The largest absolute Gasteiger partial charge is 0.478 e. The molecule has 0 bridgehead atoms. The summed E-state index contributed by atoms with van der Waals surface area (Å²) in [5.74, 6) is -1.68. The van der Waals surface area contributed by atoms with E-state index in [9.17, 15) is 9.18 Å². The zero-order valence-electron chi connectivity index (χ0n) is 12.2. The van der Waals surface area contributed by atoms with E-state index in [1.54, 1.807) is 0 Å². The zero-order chi connectivity index (χ0) is 15.4. The summed E-state index contributed by atoms with van der Waals surface area (Å²) in [6.07, 6.45) is 3.67. The van der Waals surface area contributed by atoms with E-state index in [2.05, 4.69) is 17.1 Å². The van der Waals surface area contributed by atoms with Gasteiger partial charge in [0.05, 0.1) is 11.3 Å². The van der Waals surface area contributed by atoms with Crippen LogP contribution in [-0.4, -0.2) is 41.7 Å². The topological polar surface area (TPSA) is 78.6 Å². The minimum atomic E-state index is -1.15. The van der Waals surface area contributed by atoms with Crippen molar-refractivity contribution in [3.05, 3.63) is 23.5 Å². The first-order chi connectivity index (χ1) is 9.99. The smallest absolute Gasteiger partial charge is 0.337 e. The molecule has 5 nitrogen and oxygen atoms in total. The summed E-state index contributed by atoms with van der Waals surface area (Å²) in [5, 5.41) is 12.0. The molecule has 1 unspecified atom stereocenters. The Bertz CT molecular complexity index is 516. The van der Waals surface area contributed by atoms with E-state index in [-0.39, 0.29) is 23.0 Å². The van der Waals surface area contributed by atoms with Gasteiger partial charge in [-0.05, 0) is 45.0 Å². The number of hydrogen-bond acceptors (Lipinski definition) is 4. The van der Waals surface area contributed by atoms with Crippen molar-refractivity contribution in [1.82, 2.24) is 4.90 Å². The van der Waals surface area contributed by atoms with Crippen LogP contribution in [0.1, 0.15) is 36.5 Å². The highest BCUT2D eigenvalue weighted by Gasteiger charge is 2.18. The highest BCUT2D eigenvalue weighted by molar-refractivity contribution is 5.94. The number of carbonyl (C=O) groups is 1. The molecule has 0 aromatic heterocycles. The zero-order valence-corrected chi connectivity index (χ0v) is 12.2. The summed E-state index contributed by atoms with van der Waals surface area (Å²) in [6.45, 7) is 4.78. The fourth-order valence-corrected chi connectivity index (χ4v) is 2.66. The first-order valence-electron chi connectivity index (χ1n) is 7.29. The second kappa shape index (κ2) is 6.76. The molecule has 0 spiro atoms. The van der Waals surface area contributed by atoms with Crippen molar-refractivity contribution < 1.29 is 14.3 Å². The van der Waals surface area contributed by atoms with Crippen molar-refractivity contribution in [2.75, 3.05) is 30.7 Å². The predicted octanol–water partition coefficient (Wildman–Crippen LogP) is 2.39. The van der Waals surface area contributed by atoms with Crippen LogP contribution in [0.2, 0.25) is 0 Å². The van der Waals surface area contributed by atoms with Crippen LogP contribution in [0, 0.1) is 5.82 Å². The fraction of sp³-hybridized carbons (Fsp3) is 0.533. The van der Waals surface area contributed by atoms with E-state index < -0.39 is 11.8 Å². The number of halogens is 1. The Labute approximate surface area is 123 Å². The van der Waals surface area contributed by atoms with Gasteiger partial charge in [-0.15, -0.1) is 0 Å². The standard InChI is InChI=1S/C15H22FN3O2/c1-10(19-5-3-2-4-6-19)9-18-14-7-11(15(20)21)13(17)8-12(14)16/h7-8,10,18H,2-6,9,17H2,1H3,(H,20,21). The second-order valence-electron chi connectivity index (χ2n) is 5.55. The van der Waals surface area contributed by atoms with Crippen molar-refractivity contribution in [2.24, 2.45) is 0 Å². The van der Waals surface area contributed by atoms with Gasteiger partial charge >= 0.3 is 5.97 Å². The van der Waals surface area contributed by atoms with E-state index in [4.69, 9.17) is 10.8 Å². The van der Waals surface area contributed by atoms with Gasteiger partial charge in [-0.1, -0.05) is 6.42 Å². The van der Waals surface area contributed by atoms with Gasteiger partial charge in [0.2, 0.25) is 0 Å². The maximum atomic E-state index is 13.8. The first-order valence-corrected chi connectivity index (χ1v) is 7.29. The number of piperidine rings is 1. The number of hydrogen-bond donors (Lipinski definition) is 3. The molecule has 1 aliphatic heterocycles. The van der Waals surface area contributed by atoms with Crippen LogP contribution < -0.4 is 11.1 Å². The number of nitrogens with one attached hydrogen (secondary N) is 1. The van der Waals surface area contributed by atoms with Gasteiger partial charge in [-0.3, -0.25) is 4.90 Å². The first kappa shape index (κ1) is 15.6. The highest BCUT2D eigenvalue weighted by Crippen LogP contribution is 2.22. The van der Waals surface area contributed by atoms with E-state index in [1.165, 1.54) is 25.3 Å². The minimum absolute atomic E-state index is 0.0605. The summed E-state index contributed by atoms with van der Waals surface area (Å²) < 4.78 is 13.8. The van der Waals surface area contributed by atoms with Gasteiger partial charge < -0.3 is 16.2 Å². The molecule has 1 aromatic carbocycles. The van der Waals surface area contributed by atoms with Gasteiger partial charge in [0, 0.05) is 18.3 Å². The molecule has 21 heavy (non-hydrogen) atoms. The lowest BCUT2D eigenvalue weighted by Crippen LogP contribution is -2.41. The molecular formula is C15H22FN3O2. The maximum Gasteiger partial charge on any atom is 0.337 e. The molecular weight excluding hydrogens is 273 g/mol. The number of nitrogens with two attached hydrogens (primary N) is 1. The Balaban J connectivity index is 2.02. The van der Waals surface area contributed by atoms with Crippen molar-refractivity contribution in [1.29, 1.82) is 0 Å². The third-order valence-electron chi connectivity index (χ3n) is 3.97. The molecule has 1 aromatic rings. The maximum absolute atomic E-state index is 13.8. The van der Waals surface area contributed by atoms with Crippen LogP contribution in [0.4, 0.5) is 15.8 Å². The number of anilines is 2. The number of benzene rings is 1. The van der Waals surface area contributed by atoms with Gasteiger partial charge in [-0.25, -0.2) is 9.18 Å². The molecule has 0 amide bonds. The average Bonchev–Trinajstić information content (AvgIpc) is 2.46. The predicted molar refractivity (Wildman–Crippen MR) is 81.1 cm³/mol. The van der Waals surface area contributed by atoms with Crippen LogP contribution in [0.3, 0.4) is 0 Å². The Morgan fingerprint density at radius 2 is 2.10 bits per heavy atom. The number of likely N-dealkylation sites (tertiary alicyclic amines) is 1. The van der Waals surface area contributed by atoms with Crippen molar-refractivity contribution in [3.8, 4) is 0 Å². The molecule has 4 N–H and O–H groups in total. The van der Waals surface area contributed by atoms with Crippen LogP contribution in [0.25, 0.3) is 0 Å². The lowest BCUT2D eigenvalue weighted by molar-refractivity contribution is 0.0698. The van der Waals surface area contributed by atoms with Crippen LogP contribution >= 0.6 is 0 Å². The van der Waals surface area contributed by atoms with E-state index >= 15 is 0 Å². The van der Waals surface area contributed by atoms with Crippen LogP contribution in [0.15, 0.2) is 12.1 Å². The third-order valence-corrected chi connectivity index (χ3v) is 3.97. The molecule has 1 atom stereocenters. The highest BCUT2D eigenvalue weighted by atomic mass is 19.1. The molecule has 0 saturated carbocycles. The van der Waals surface area contributed by atoms with Gasteiger partial charge in [0.1, 0.15) is 5.82 Å². The molecule has 6 heteroatoms. The monoisotopic (exact) mass is 295 g/mol. The number of nitrogen functional groups attached to an aromatic ring is 1. The molecule has 0 aliphatic carbocycles. The summed E-state index contributed by atoms with van der Waals surface area (Å²) >= 11 is 0. The van der Waals surface area contributed by atoms with Crippen molar-refractivity contribution in [2.45, 2.75) is 32.2 Å². The quantitative estimate of drug-likeness (QED) is 0.727. The lowest BCUT2D eigenvalue weighted by atomic mass is 10.1. The molecule has 0 radical (unpaired) electrons. The second-order valence-corrected chi connectivity index (χ2v) is 5.55. The Morgan fingerprint density at radius 3 is 2.71 bits per heavy atom. The Morgan fingerprint density at radius 1 is 1.43 bits per heavy atom. The van der Waals surface area contributed by atoms with Gasteiger partial charge in [0.15, 0.2) is 0 Å². The Hall–Kier alpha value is -1.82. The normalized spacial score (nSPS) is 17.4. The van der Waals surface area contributed by atoms with Crippen molar-refractivity contribution >= 4 is 17.3 Å². The van der Waals surface area contributed by atoms with Gasteiger partial charge in [0.25, 0.3) is 0 Å². The number of rotatable bonds is 5. The third kappa shape index (κ3) is 3.85. The van der Waals surface area contributed by atoms with E-state index in [0.717, 1.165) is 19.2 Å². The van der Waals surface area contributed by atoms with E-state index in [0.29, 0.717) is 6.54 Å². The lowest BCUT2D eigenvalue weighted by Gasteiger charge is -2.32. The fourth-order valence-electron chi connectivity index (χ4n) is 2.66. The molecule has 1 saturated heterocycles. The van der Waals surface area contributed by atoms with Gasteiger partial charge in [-0.2, -0.15) is 0 Å². The number of nitrogens with zero attached hydrogens (tertiary/aromatic N) is 1. The summed E-state index contributed by atoms with van der Waals surface area (Å²) in [7, 11) is 0. The van der Waals surface area contributed by atoms with Crippen LogP contribution in [-0.2, 0) is 0 Å². The molecule has 116 valence electrons. The van der Waals surface area contributed by atoms with E-state index in [1.807, 2.05) is 0 Å². The average molecular weight is 295 g/mol. The summed E-state index contributed by atoms with van der Waals surface area (Å²) in [5.41, 5.74) is 5.55. The minimum Gasteiger partial charge on any atom is -0.478 e. The molecule has 1 aliphatic rings.